The van der Waals surface area contributed by atoms with E-state index in [1.54, 1.807) is 13.0 Å². The maximum absolute atomic E-state index is 12.3. The zero-order chi connectivity index (χ0) is 15.5. The number of rotatable bonds is 5. The fourth-order valence-corrected chi connectivity index (χ4v) is 3.76. The molecular weight excluding hydrogens is 288 g/mol. The van der Waals surface area contributed by atoms with Gasteiger partial charge in [0.25, 0.3) is 10.0 Å². The second kappa shape index (κ2) is 6.87. The Hall–Kier alpha value is -0.950. The van der Waals surface area contributed by atoms with Gasteiger partial charge < -0.3 is 4.90 Å². The first-order valence-corrected chi connectivity index (χ1v) is 8.87. The number of likely N-dealkylation sites (N-methyl/N-ethyl adjacent to an activating group) is 1. The number of benzene rings is 1. The van der Waals surface area contributed by atoms with Crippen LogP contribution in [0.5, 0.6) is 0 Å². The maximum atomic E-state index is 12.3. The lowest BCUT2D eigenvalue weighted by Crippen LogP contribution is -2.42. The summed E-state index contributed by atoms with van der Waals surface area (Å²) in [5.41, 5.74) is 1.63. The van der Waals surface area contributed by atoms with Crippen LogP contribution in [0.3, 0.4) is 0 Å². The summed E-state index contributed by atoms with van der Waals surface area (Å²) < 4.78 is 24.7. The summed E-state index contributed by atoms with van der Waals surface area (Å²) in [7, 11) is -3.63. The number of likely N-dealkylation sites (tertiary alicyclic amines) is 1. The highest BCUT2D eigenvalue weighted by molar-refractivity contribution is 7.89. The second-order valence-electron chi connectivity index (χ2n) is 5.63. The van der Waals surface area contributed by atoms with Crippen molar-refractivity contribution in [2.45, 2.75) is 44.6 Å². The van der Waals surface area contributed by atoms with Gasteiger partial charge in [0.05, 0.1) is 11.0 Å². The zero-order valence-corrected chi connectivity index (χ0v) is 13.7. The van der Waals surface area contributed by atoms with E-state index in [2.05, 4.69) is 16.7 Å². The van der Waals surface area contributed by atoms with Crippen LogP contribution in [0.25, 0.3) is 0 Å². The molecular formula is C15H24N2O3S. The second-order valence-corrected chi connectivity index (χ2v) is 7.24. The number of piperidine rings is 1. The molecule has 118 valence electrons. The van der Waals surface area contributed by atoms with Crippen molar-refractivity contribution in [2.75, 3.05) is 19.6 Å². The molecule has 0 amide bonds. The Kier molecular flexibility index (Phi) is 5.37. The number of hydrogen-bond acceptors (Lipinski definition) is 4. The highest BCUT2D eigenvalue weighted by atomic mass is 32.2. The number of nitrogens with one attached hydrogen (secondary N) is 1. The van der Waals surface area contributed by atoms with E-state index >= 15 is 0 Å². The van der Waals surface area contributed by atoms with Crippen LogP contribution in [0.4, 0.5) is 0 Å². The van der Waals surface area contributed by atoms with E-state index in [4.69, 9.17) is 4.84 Å². The van der Waals surface area contributed by atoms with Crippen LogP contribution in [0.1, 0.15) is 30.9 Å². The van der Waals surface area contributed by atoms with E-state index in [0.717, 1.165) is 43.6 Å². The maximum Gasteiger partial charge on any atom is 0.262 e. The van der Waals surface area contributed by atoms with Gasteiger partial charge in [-0.3, -0.25) is 4.84 Å². The minimum atomic E-state index is -3.63. The predicted molar refractivity (Wildman–Crippen MR) is 82.5 cm³/mol. The first-order valence-electron chi connectivity index (χ1n) is 7.39. The molecule has 1 aliphatic heterocycles. The summed E-state index contributed by atoms with van der Waals surface area (Å²) in [5.74, 6) is 0. The Morgan fingerprint density at radius 2 is 2.14 bits per heavy atom. The summed E-state index contributed by atoms with van der Waals surface area (Å²) in [6, 6.07) is 5.37. The molecule has 0 aromatic heterocycles. The van der Waals surface area contributed by atoms with Gasteiger partial charge >= 0.3 is 0 Å². The van der Waals surface area contributed by atoms with Crippen molar-refractivity contribution >= 4 is 10.0 Å². The third-order valence-electron chi connectivity index (χ3n) is 3.87. The van der Waals surface area contributed by atoms with Crippen molar-refractivity contribution in [2.24, 2.45) is 0 Å². The quantitative estimate of drug-likeness (QED) is 0.845. The minimum absolute atomic E-state index is 0.0846. The van der Waals surface area contributed by atoms with E-state index < -0.39 is 10.0 Å². The SMILES string of the molecule is CCN1CCCC(ONS(=O)(=O)c2cc(C)ccc2C)C1. The molecule has 5 nitrogen and oxygen atoms in total. The molecule has 1 aromatic rings. The van der Waals surface area contributed by atoms with E-state index in [9.17, 15) is 8.42 Å². The van der Waals surface area contributed by atoms with Gasteiger partial charge in [-0.2, -0.15) is 0 Å². The monoisotopic (exact) mass is 312 g/mol. The van der Waals surface area contributed by atoms with Crippen molar-refractivity contribution in [3.8, 4) is 0 Å². The first-order chi connectivity index (χ1) is 9.92. The van der Waals surface area contributed by atoms with E-state index in [-0.39, 0.29) is 11.0 Å². The fraction of sp³-hybridized carbons (Fsp3) is 0.600. The van der Waals surface area contributed by atoms with Crippen LogP contribution in [-0.2, 0) is 14.9 Å². The molecule has 1 heterocycles. The lowest BCUT2D eigenvalue weighted by atomic mass is 10.1. The molecule has 2 rings (SSSR count). The van der Waals surface area contributed by atoms with Gasteiger partial charge in [0.2, 0.25) is 0 Å². The van der Waals surface area contributed by atoms with Crippen molar-refractivity contribution in [1.82, 2.24) is 9.79 Å². The Labute approximate surface area is 127 Å². The molecule has 6 heteroatoms. The Balaban J connectivity index is 2.03. The zero-order valence-electron chi connectivity index (χ0n) is 12.9. The Morgan fingerprint density at radius 3 is 2.86 bits per heavy atom. The number of sulfonamides is 1. The molecule has 1 aliphatic rings. The predicted octanol–water partition coefficient (Wildman–Crippen LogP) is 2.00. The summed E-state index contributed by atoms with van der Waals surface area (Å²) >= 11 is 0. The molecule has 1 aromatic carbocycles. The van der Waals surface area contributed by atoms with Crippen molar-refractivity contribution < 1.29 is 13.3 Å². The van der Waals surface area contributed by atoms with Crippen LogP contribution in [0.2, 0.25) is 0 Å². The van der Waals surface area contributed by atoms with E-state index in [0.29, 0.717) is 0 Å². The molecule has 0 bridgehead atoms. The highest BCUT2D eigenvalue weighted by Gasteiger charge is 2.23. The molecule has 0 spiro atoms. The molecule has 21 heavy (non-hydrogen) atoms. The van der Waals surface area contributed by atoms with Crippen molar-refractivity contribution in [1.29, 1.82) is 0 Å². The average Bonchev–Trinajstić information content (AvgIpc) is 2.48. The molecule has 0 radical (unpaired) electrons. The number of nitrogens with zero attached hydrogens (tertiary/aromatic N) is 1. The number of aryl methyl sites for hydroxylation is 2. The summed E-state index contributed by atoms with van der Waals surface area (Å²) in [4.78, 5) is 10.3. The third kappa shape index (κ3) is 4.26. The van der Waals surface area contributed by atoms with Gasteiger partial charge in [-0.25, -0.2) is 8.42 Å². The van der Waals surface area contributed by atoms with Crippen LogP contribution in [0, 0.1) is 13.8 Å². The van der Waals surface area contributed by atoms with Crippen LogP contribution >= 0.6 is 0 Å². The topological polar surface area (TPSA) is 58.6 Å². The molecule has 1 unspecified atom stereocenters. The van der Waals surface area contributed by atoms with Gasteiger partial charge in [-0.05, 0) is 57.0 Å². The van der Waals surface area contributed by atoms with Crippen LogP contribution in [-0.4, -0.2) is 39.1 Å². The van der Waals surface area contributed by atoms with E-state index in [1.807, 2.05) is 19.1 Å². The summed E-state index contributed by atoms with van der Waals surface area (Å²) in [5, 5.41) is 0. The lowest BCUT2D eigenvalue weighted by molar-refractivity contribution is -0.0258. The smallest absolute Gasteiger partial charge is 0.262 e. The standard InChI is InChI=1S/C15H24N2O3S/c1-4-17-9-5-6-14(11-17)20-16-21(18,19)15-10-12(2)7-8-13(15)3/h7-8,10,14,16H,4-6,9,11H2,1-3H3. The Morgan fingerprint density at radius 1 is 1.38 bits per heavy atom. The molecule has 1 saturated heterocycles. The normalized spacial score (nSPS) is 20.6. The largest absolute Gasteiger partial charge is 0.301 e. The Bertz CT molecular complexity index is 587. The molecule has 1 atom stereocenters. The third-order valence-corrected chi connectivity index (χ3v) is 5.20. The molecule has 0 saturated carbocycles. The van der Waals surface area contributed by atoms with Crippen LogP contribution in [0.15, 0.2) is 23.1 Å². The summed E-state index contributed by atoms with van der Waals surface area (Å²) in [6.07, 6.45) is 1.83. The van der Waals surface area contributed by atoms with Crippen molar-refractivity contribution in [3.05, 3.63) is 29.3 Å². The van der Waals surface area contributed by atoms with Gasteiger partial charge in [-0.1, -0.05) is 23.9 Å². The van der Waals surface area contributed by atoms with Gasteiger partial charge in [-0.15, -0.1) is 0 Å². The van der Waals surface area contributed by atoms with Crippen LogP contribution < -0.4 is 4.89 Å². The minimum Gasteiger partial charge on any atom is -0.301 e. The van der Waals surface area contributed by atoms with Gasteiger partial charge in [0.1, 0.15) is 0 Å². The fourth-order valence-electron chi connectivity index (χ4n) is 2.57. The molecule has 0 aliphatic carbocycles. The molecule has 1 N–H and O–H groups in total. The van der Waals surface area contributed by atoms with Gasteiger partial charge in [0.15, 0.2) is 0 Å². The van der Waals surface area contributed by atoms with E-state index in [1.165, 1.54) is 0 Å². The first kappa shape index (κ1) is 16.4. The highest BCUT2D eigenvalue weighted by Crippen LogP contribution is 2.18. The number of hydrogen-bond donors (Lipinski definition) is 1. The lowest BCUT2D eigenvalue weighted by Gasteiger charge is -2.31. The average molecular weight is 312 g/mol. The van der Waals surface area contributed by atoms with Crippen molar-refractivity contribution in [3.63, 3.8) is 0 Å². The van der Waals surface area contributed by atoms with Gasteiger partial charge in [0, 0.05) is 6.54 Å². The molecule has 1 fully saturated rings. The summed E-state index contributed by atoms with van der Waals surface area (Å²) in [6.45, 7) is 8.55.